The number of fused-ring (bicyclic) bond motifs is 1. The number of nitrogens with zero attached hydrogens (tertiary/aromatic N) is 1. The Morgan fingerprint density at radius 3 is 3.10 bits per heavy atom. The molecule has 5 heteroatoms. The fourth-order valence-corrected chi connectivity index (χ4v) is 2.62. The number of amides is 2. The number of rotatable bonds is 3. The monoisotopic (exact) mass is 285 g/mol. The molecule has 2 N–H and O–H groups in total. The van der Waals surface area contributed by atoms with Gasteiger partial charge < -0.3 is 20.0 Å². The van der Waals surface area contributed by atoms with Crippen LogP contribution >= 0.6 is 0 Å². The van der Waals surface area contributed by atoms with Crippen LogP contribution in [0.5, 0.6) is 0 Å². The van der Waals surface area contributed by atoms with Crippen molar-refractivity contribution in [1.29, 1.82) is 0 Å². The smallest absolute Gasteiger partial charge is 0.319 e. The summed E-state index contributed by atoms with van der Waals surface area (Å²) in [4.78, 5) is 14.1. The Morgan fingerprint density at radius 2 is 2.29 bits per heavy atom. The predicted molar refractivity (Wildman–Crippen MR) is 82.6 cm³/mol. The average Bonchev–Trinajstić information content (AvgIpc) is 2.99. The summed E-state index contributed by atoms with van der Waals surface area (Å²) in [5.41, 5.74) is 3.36. The van der Waals surface area contributed by atoms with Crippen LogP contribution in [-0.2, 0) is 13.0 Å². The third-order valence-corrected chi connectivity index (χ3v) is 3.69. The van der Waals surface area contributed by atoms with Crippen LogP contribution in [0.25, 0.3) is 0 Å². The average molecular weight is 285 g/mol. The fourth-order valence-electron chi connectivity index (χ4n) is 2.62. The van der Waals surface area contributed by atoms with Crippen molar-refractivity contribution in [3.05, 3.63) is 47.9 Å². The second-order valence-corrected chi connectivity index (χ2v) is 5.26. The van der Waals surface area contributed by atoms with E-state index in [4.69, 9.17) is 4.42 Å². The summed E-state index contributed by atoms with van der Waals surface area (Å²) in [6.45, 7) is 1.47. The fraction of sp³-hybridized carbons (Fsp3) is 0.312. The Bertz CT molecular complexity index is 622. The zero-order chi connectivity index (χ0) is 14.7. The van der Waals surface area contributed by atoms with Crippen molar-refractivity contribution in [2.45, 2.75) is 19.4 Å². The molecule has 3 rings (SSSR count). The zero-order valence-electron chi connectivity index (χ0n) is 12.1. The summed E-state index contributed by atoms with van der Waals surface area (Å²) in [5, 5.41) is 5.63. The predicted octanol–water partition coefficient (Wildman–Crippen LogP) is 2.98. The molecule has 0 spiro atoms. The van der Waals surface area contributed by atoms with E-state index in [-0.39, 0.29) is 6.03 Å². The topological polar surface area (TPSA) is 57.5 Å². The van der Waals surface area contributed by atoms with Crippen molar-refractivity contribution in [1.82, 2.24) is 5.32 Å². The highest BCUT2D eigenvalue weighted by molar-refractivity contribution is 5.89. The summed E-state index contributed by atoms with van der Waals surface area (Å²) in [5.74, 6) is 0.734. The maximum Gasteiger partial charge on any atom is 0.319 e. The molecule has 1 aromatic carbocycles. The summed E-state index contributed by atoms with van der Waals surface area (Å²) >= 11 is 0. The lowest BCUT2D eigenvalue weighted by molar-refractivity contribution is 0.251. The lowest BCUT2D eigenvalue weighted by atomic mass is 10.0. The van der Waals surface area contributed by atoms with Crippen LogP contribution in [0.15, 0.2) is 41.0 Å². The van der Waals surface area contributed by atoms with E-state index in [1.165, 1.54) is 11.3 Å². The van der Waals surface area contributed by atoms with Gasteiger partial charge in [0.1, 0.15) is 5.76 Å². The molecule has 21 heavy (non-hydrogen) atoms. The van der Waals surface area contributed by atoms with Crippen LogP contribution in [0.1, 0.15) is 17.7 Å². The van der Waals surface area contributed by atoms with Gasteiger partial charge >= 0.3 is 6.03 Å². The lowest BCUT2D eigenvalue weighted by Crippen LogP contribution is -2.28. The molecule has 2 aromatic rings. The van der Waals surface area contributed by atoms with Crippen molar-refractivity contribution in [2.75, 3.05) is 23.8 Å². The Kier molecular flexibility index (Phi) is 3.81. The molecule has 0 radical (unpaired) electrons. The number of hydrogen-bond donors (Lipinski definition) is 2. The van der Waals surface area contributed by atoms with Gasteiger partial charge in [0.2, 0.25) is 0 Å². The van der Waals surface area contributed by atoms with Gasteiger partial charge in [0.15, 0.2) is 0 Å². The number of hydrogen-bond acceptors (Lipinski definition) is 3. The maximum absolute atomic E-state index is 11.9. The Hall–Kier alpha value is -2.43. The molecule has 110 valence electrons. The number of carbonyl (C=O) groups is 1. The summed E-state index contributed by atoms with van der Waals surface area (Å²) in [6, 6.07) is 9.46. The van der Waals surface area contributed by atoms with E-state index in [9.17, 15) is 4.79 Å². The van der Waals surface area contributed by atoms with Gasteiger partial charge in [-0.1, -0.05) is 0 Å². The van der Waals surface area contributed by atoms with Gasteiger partial charge in [0, 0.05) is 25.0 Å². The number of urea groups is 1. The number of carbonyl (C=O) groups excluding carboxylic acids is 1. The molecule has 2 amide bonds. The van der Waals surface area contributed by atoms with Crippen molar-refractivity contribution >= 4 is 17.4 Å². The molecule has 0 saturated carbocycles. The molecular weight excluding hydrogens is 266 g/mol. The summed E-state index contributed by atoms with van der Waals surface area (Å²) in [6.07, 6.45) is 3.80. The number of aryl methyl sites for hydroxylation is 1. The van der Waals surface area contributed by atoms with Crippen molar-refractivity contribution in [3.8, 4) is 0 Å². The molecule has 1 aliphatic rings. The highest BCUT2D eigenvalue weighted by Gasteiger charge is 2.14. The molecule has 1 aromatic heterocycles. The molecule has 0 aliphatic carbocycles. The summed E-state index contributed by atoms with van der Waals surface area (Å²) in [7, 11) is 2.10. The molecule has 0 atom stereocenters. The van der Waals surface area contributed by atoms with E-state index >= 15 is 0 Å². The maximum atomic E-state index is 11.9. The second kappa shape index (κ2) is 5.91. The first kappa shape index (κ1) is 13.5. The highest BCUT2D eigenvalue weighted by Crippen LogP contribution is 2.28. The molecule has 0 saturated heterocycles. The zero-order valence-corrected chi connectivity index (χ0v) is 12.1. The van der Waals surface area contributed by atoms with Crippen molar-refractivity contribution in [2.24, 2.45) is 0 Å². The highest BCUT2D eigenvalue weighted by atomic mass is 16.3. The van der Waals surface area contributed by atoms with E-state index in [1.54, 1.807) is 12.3 Å². The molecule has 0 bridgehead atoms. The van der Waals surface area contributed by atoms with E-state index < -0.39 is 0 Å². The Balaban J connectivity index is 1.61. The minimum Gasteiger partial charge on any atom is -0.467 e. The first-order valence-electron chi connectivity index (χ1n) is 7.14. The second-order valence-electron chi connectivity index (χ2n) is 5.26. The number of anilines is 2. The molecule has 2 heterocycles. The minimum absolute atomic E-state index is 0.226. The van der Waals surface area contributed by atoms with Crippen LogP contribution in [0.3, 0.4) is 0 Å². The quantitative estimate of drug-likeness (QED) is 0.911. The molecular formula is C16H19N3O2. The van der Waals surface area contributed by atoms with Crippen LogP contribution in [-0.4, -0.2) is 19.6 Å². The number of furan rings is 1. The summed E-state index contributed by atoms with van der Waals surface area (Å²) < 4.78 is 5.17. The largest absolute Gasteiger partial charge is 0.467 e. The van der Waals surface area contributed by atoms with Gasteiger partial charge in [0.25, 0.3) is 0 Å². The molecule has 0 unspecified atom stereocenters. The molecule has 5 nitrogen and oxygen atoms in total. The molecule has 1 aliphatic heterocycles. The van der Waals surface area contributed by atoms with E-state index in [0.29, 0.717) is 6.54 Å². The Labute approximate surface area is 123 Å². The van der Waals surface area contributed by atoms with Crippen molar-refractivity contribution in [3.63, 3.8) is 0 Å². The minimum atomic E-state index is -0.226. The molecule has 0 fully saturated rings. The first-order valence-corrected chi connectivity index (χ1v) is 7.14. The van der Waals surface area contributed by atoms with Gasteiger partial charge in [-0.2, -0.15) is 0 Å². The third-order valence-electron chi connectivity index (χ3n) is 3.69. The van der Waals surface area contributed by atoms with Crippen LogP contribution in [0.4, 0.5) is 16.2 Å². The van der Waals surface area contributed by atoms with Gasteiger partial charge in [-0.25, -0.2) is 4.79 Å². The normalized spacial score (nSPS) is 13.7. The number of benzene rings is 1. The lowest BCUT2D eigenvalue weighted by Gasteiger charge is -2.27. The standard InChI is InChI=1S/C16H19N3O2/c1-19-8-2-4-12-10-13(6-7-15(12)19)18-16(20)17-11-14-5-3-9-21-14/h3,5-7,9-10H,2,4,8,11H2,1H3,(H2,17,18,20). The SMILES string of the molecule is CN1CCCc2cc(NC(=O)NCc3ccco3)ccc21. The third kappa shape index (κ3) is 3.18. The van der Waals surface area contributed by atoms with E-state index in [2.05, 4.69) is 34.7 Å². The van der Waals surface area contributed by atoms with Crippen LogP contribution in [0, 0.1) is 0 Å². The van der Waals surface area contributed by atoms with E-state index in [1.807, 2.05) is 12.1 Å². The Morgan fingerprint density at radius 1 is 1.38 bits per heavy atom. The van der Waals surface area contributed by atoms with Gasteiger partial charge in [-0.05, 0) is 48.7 Å². The van der Waals surface area contributed by atoms with E-state index in [0.717, 1.165) is 30.8 Å². The first-order chi connectivity index (χ1) is 10.2. The van der Waals surface area contributed by atoms with Crippen molar-refractivity contribution < 1.29 is 9.21 Å². The number of nitrogens with one attached hydrogen (secondary N) is 2. The van der Waals surface area contributed by atoms with Crippen LogP contribution in [0.2, 0.25) is 0 Å². The van der Waals surface area contributed by atoms with Gasteiger partial charge in [0.05, 0.1) is 12.8 Å². The van der Waals surface area contributed by atoms with Crippen LogP contribution < -0.4 is 15.5 Å². The van der Waals surface area contributed by atoms with Gasteiger partial charge in [-0.15, -0.1) is 0 Å². The van der Waals surface area contributed by atoms with Gasteiger partial charge in [-0.3, -0.25) is 0 Å².